The van der Waals surface area contributed by atoms with Gasteiger partial charge >= 0.3 is 0 Å². The zero-order chi connectivity index (χ0) is 9.97. The summed E-state index contributed by atoms with van der Waals surface area (Å²) in [7, 11) is 2.23. The van der Waals surface area contributed by atoms with Crippen molar-refractivity contribution in [2.24, 2.45) is 0 Å². The van der Waals surface area contributed by atoms with Gasteiger partial charge in [-0.1, -0.05) is 13.0 Å². The van der Waals surface area contributed by atoms with Crippen LogP contribution in [-0.2, 0) is 0 Å². The molecule has 0 unspecified atom stereocenters. The normalized spacial score (nSPS) is 28.1. The summed E-state index contributed by atoms with van der Waals surface area (Å²) in [6.45, 7) is 2.27. The predicted molar refractivity (Wildman–Crippen MR) is 58.1 cm³/mol. The molecule has 0 aliphatic carbocycles. The van der Waals surface area contributed by atoms with Crippen molar-refractivity contribution in [3.05, 3.63) is 30.1 Å². The zero-order valence-corrected chi connectivity index (χ0v) is 8.98. The molecule has 1 aliphatic heterocycles. The van der Waals surface area contributed by atoms with Crippen molar-refractivity contribution in [1.82, 2.24) is 9.88 Å². The minimum Gasteiger partial charge on any atom is -0.296 e. The van der Waals surface area contributed by atoms with E-state index in [1.807, 2.05) is 18.5 Å². The summed E-state index contributed by atoms with van der Waals surface area (Å²) in [4.78, 5) is 6.68. The SMILES string of the molecule is CC[C@@H]1CC[C@@H](c2cccnc2)N1C. The monoisotopic (exact) mass is 190 g/mol. The van der Waals surface area contributed by atoms with Gasteiger partial charge in [-0.05, 0) is 37.9 Å². The molecule has 0 spiro atoms. The third-order valence-corrected chi connectivity index (χ3v) is 3.38. The summed E-state index contributed by atoms with van der Waals surface area (Å²) in [5, 5.41) is 0. The van der Waals surface area contributed by atoms with E-state index in [0.717, 1.165) is 6.04 Å². The summed E-state index contributed by atoms with van der Waals surface area (Å²) in [5.41, 5.74) is 1.37. The molecular weight excluding hydrogens is 172 g/mol. The van der Waals surface area contributed by atoms with Crippen molar-refractivity contribution < 1.29 is 0 Å². The van der Waals surface area contributed by atoms with Crippen LogP contribution in [0.2, 0.25) is 0 Å². The highest BCUT2D eigenvalue weighted by Gasteiger charge is 2.29. The van der Waals surface area contributed by atoms with E-state index in [1.54, 1.807) is 0 Å². The predicted octanol–water partition coefficient (Wildman–Crippen LogP) is 2.63. The molecule has 2 heteroatoms. The van der Waals surface area contributed by atoms with Gasteiger partial charge in [0.1, 0.15) is 0 Å². The van der Waals surface area contributed by atoms with Crippen LogP contribution >= 0.6 is 0 Å². The summed E-state index contributed by atoms with van der Waals surface area (Å²) >= 11 is 0. The number of nitrogens with zero attached hydrogens (tertiary/aromatic N) is 2. The van der Waals surface area contributed by atoms with Crippen LogP contribution in [0, 0.1) is 0 Å². The van der Waals surface area contributed by atoms with Crippen molar-refractivity contribution in [2.45, 2.75) is 38.3 Å². The molecule has 0 aromatic carbocycles. The van der Waals surface area contributed by atoms with Crippen LogP contribution in [0.3, 0.4) is 0 Å². The second-order valence-electron chi connectivity index (χ2n) is 4.11. The molecule has 14 heavy (non-hydrogen) atoms. The second kappa shape index (κ2) is 4.09. The fourth-order valence-corrected chi connectivity index (χ4v) is 2.48. The van der Waals surface area contributed by atoms with E-state index >= 15 is 0 Å². The number of hydrogen-bond acceptors (Lipinski definition) is 2. The Balaban J connectivity index is 2.14. The largest absolute Gasteiger partial charge is 0.296 e. The topological polar surface area (TPSA) is 16.1 Å². The van der Waals surface area contributed by atoms with Crippen molar-refractivity contribution in [2.75, 3.05) is 7.05 Å². The average molecular weight is 190 g/mol. The van der Waals surface area contributed by atoms with Gasteiger partial charge in [0.05, 0.1) is 0 Å². The molecule has 1 aromatic rings. The van der Waals surface area contributed by atoms with E-state index in [0.29, 0.717) is 6.04 Å². The Kier molecular flexibility index (Phi) is 2.82. The third-order valence-electron chi connectivity index (χ3n) is 3.38. The van der Waals surface area contributed by atoms with Crippen LogP contribution < -0.4 is 0 Å². The van der Waals surface area contributed by atoms with Crippen LogP contribution in [0.25, 0.3) is 0 Å². The maximum absolute atomic E-state index is 4.19. The van der Waals surface area contributed by atoms with E-state index in [2.05, 4.69) is 29.9 Å². The molecule has 2 rings (SSSR count). The lowest BCUT2D eigenvalue weighted by molar-refractivity contribution is 0.238. The van der Waals surface area contributed by atoms with Crippen LogP contribution in [0.4, 0.5) is 0 Å². The summed E-state index contributed by atoms with van der Waals surface area (Å²) in [5.74, 6) is 0. The Bertz CT molecular complexity index is 284. The number of aromatic nitrogens is 1. The molecule has 0 saturated carbocycles. The molecule has 0 bridgehead atoms. The molecule has 1 fully saturated rings. The minimum atomic E-state index is 0.591. The minimum absolute atomic E-state index is 0.591. The molecule has 2 heterocycles. The third kappa shape index (κ3) is 1.67. The van der Waals surface area contributed by atoms with Crippen molar-refractivity contribution in [3.8, 4) is 0 Å². The Labute approximate surface area is 86.0 Å². The first-order valence-corrected chi connectivity index (χ1v) is 5.44. The van der Waals surface area contributed by atoms with E-state index in [4.69, 9.17) is 0 Å². The van der Waals surface area contributed by atoms with Gasteiger partial charge in [-0.15, -0.1) is 0 Å². The fourth-order valence-electron chi connectivity index (χ4n) is 2.48. The number of rotatable bonds is 2. The van der Waals surface area contributed by atoms with E-state index in [9.17, 15) is 0 Å². The lowest BCUT2D eigenvalue weighted by Crippen LogP contribution is -2.26. The van der Waals surface area contributed by atoms with Crippen LogP contribution in [0.15, 0.2) is 24.5 Å². The van der Waals surface area contributed by atoms with Crippen molar-refractivity contribution >= 4 is 0 Å². The zero-order valence-electron chi connectivity index (χ0n) is 8.98. The van der Waals surface area contributed by atoms with Gasteiger partial charge < -0.3 is 0 Å². The Hall–Kier alpha value is -0.890. The smallest absolute Gasteiger partial charge is 0.0363 e. The highest BCUT2D eigenvalue weighted by atomic mass is 15.2. The Morgan fingerprint density at radius 3 is 2.93 bits per heavy atom. The molecule has 0 radical (unpaired) electrons. The van der Waals surface area contributed by atoms with Crippen LogP contribution in [0.1, 0.15) is 37.8 Å². The van der Waals surface area contributed by atoms with E-state index in [1.165, 1.54) is 24.8 Å². The Morgan fingerprint density at radius 2 is 2.36 bits per heavy atom. The van der Waals surface area contributed by atoms with E-state index in [-0.39, 0.29) is 0 Å². The number of likely N-dealkylation sites (tertiary alicyclic amines) is 1. The summed E-state index contributed by atoms with van der Waals surface area (Å²) < 4.78 is 0. The van der Waals surface area contributed by atoms with Gasteiger partial charge in [0.25, 0.3) is 0 Å². The molecule has 1 saturated heterocycles. The standard InChI is InChI=1S/C12H18N2/c1-3-11-6-7-12(14(11)2)10-5-4-8-13-9-10/h4-5,8-9,11-12H,3,6-7H2,1-2H3/t11-,12+/m1/s1. The van der Waals surface area contributed by atoms with Gasteiger partial charge in [-0.25, -0.2) is 0 Å². The quantitative estimate of drug-likeness (QED) is 0.712. The summed E-state index contributed by atoms with van der Waals surface area (Å²) in [6.07, 6.45) is 7.70. The highest BCUT2D eigenvalue weighted by molar-refractivity contribution is 5.15. The van der Waals surface area contributed by atoms with Gasteiger partial charge in [0.15, 0.2) is 0 Å². The van der Waals surface area contributed by atoms with Gasteiger partial charge in [0.2, 0.25) is 0 Å². The maximum Gasteiger partial charge on any atom is 0.0363 e. The molecule has 0 amide bonds. The van der Waals surface area contributed by atoms with Crippen LogP contribution in [-0.4, -0.2) is 23.0 Å². The van der Waals surface area contributed by atoms with E-state index < -0.39 is 0 Å². The first-order valence-electron chi connectivity index (χ1n) is 5.44. The molecule has 2 atom stereocenters. The van der Waals surface area contributed by atoms with Crippen LogP contribution in [0.5, 0.6) is 0 Å². The first kappa shape index (κ1) is 9.66. The van der Waals surface area contributed by atoms with Gasteiger partial charge in [0, 0.05) is 24.5 Å². The second-order valence-corrected chi connectivity index (χ2v) is 4.11. The molecular formula is C12H18N2. The number of pyridine rings is 1. The maximum atomic E-state index is 4.19. The molecule has 0 N–H and O–H groups in total. The highest BCUT2D eigenvalue weighted by Crippen LogP contribution is 2.35. The van der Waals surface area contributed by atoms with Gasteiger partial charge in [-0.3, -0.25) is 9.88 Å². The van der Waals surface area contributed by atoms with Gasteiger partial charge in [-0.2, -0.15) is 0 Å². The molecule has 76 valence electrons. The first-order chi connectivity index (χ1) is 6.83. The number of hydrogen-bond donors (Lipinski definition) is 0. The fraction of sp³-hybridized carbons (Fsp3) is 0.583. The molecule has 1 aromatic heterocycles. The molecule has 2 nitrogen and oxygen atoms in total. The molecule has 1 aliphatic rings. The summed E-state index contributed by atoms with van der Waals surface area (Å²) in [6, 6.07) is 5.57. The average Bonchev–Trinajstić information content (AvgIpc) is 2.61. The Morgan fingerprint density at radius 1 is 1.50 bits per heavy atom. The lowest BCUT2D eigenvalue weighted by atomic mass is 10.1. The van der Waals surface area contributed by atoms with Crippen molar-refractivity contribution in [3.63, 3.8) is 0 Å². The lowest BCUT2D eigenvalue weighted by Gasteiger charge is -2.24. The van der Waals surface area contributed by atoms with Crippen molar-refractivity contribution in [1.29, 1.82) is 0 Å².